The Morgan fingerprint density at radius 1 is 1.28 bits per heavy atom. The van der Waals surface area contributed by atoms with Gasteiger partial charge in [-0.25, -0.2) is 9.18 Å². The van der Waals surface area contributed by atoms with E-state index in [2.05, 4.69) is 10.6 Å². The van der Waals surface area contributed by atoms with Crippen LogP contribution in [0.1, 0.15) is 45.6 Å². The van der Waals surface area contributed by atoms with Crippen LogP contribution in [-0.2, 0) is 15.1 Å². The zero-order valence-electron chi connectivity index (χ0n) is 14.8. The van der Waals surface area contributed by atoms with Gasteiger partial charge in [-0.3, -0.25) is 14.5 Å². The molecule has 1 fully saturated rings. The lowest BCUT2D eigenvalue weighted by Gasteiger charge is -2.27. The fourth-order valence-corrected chi connectivity index (χ4v) is 2.97. The molecule has 1 atom stereocenters. The lowest BCUT2D eigenvalue weighted by Crippen LogP contribution is -2.45. The average Bonchev–Trinajstić information content (AvgIpc) is 2.78. The van der Waals surface area contributed by atoms with Crippen LogP contribution in [0.15, 0.2) is 24.3 Å². The van der Waals surface area contributed by atoms with E-state index in [4.69, 9.17) is 0 Å². The molecule has 136 valence electrons. The highest BCUT2D eigenvalue weighted by molar-refractivity contribution is 6.09. The van der Waals surface area contributed by atoms with E-state index < -0.39 is 29.2 Å². The van der Waals surface area contributed by atoms with Crippen LogP contribution in [-0.4, -0.2) is 35.3 Å². The summed E-state index contributed by atoms with van der Waals surface area (Å²) >= 11 is 0. The number of carbonyl (C=O) groups is 3. The molecular weight excluding hydrogens is 325 g/mol. The Hall–Kier alpha value is -2.44. The number of nitrogens with zero attached hydrogens (tertiary/aromatic N) is 1. The second kappa shape index (κ2) is 7.63. The molecule has 1 aliphatic rings. The summed E-state index contributed by atoms with van der Waals surface area (Å²) < 4.78 is 13.3. The minimum absolute atomic E-state index is 0.0878. The first-order valence-corrected chi connectivity index (χ1v) is 8.49. The van der Waals surface area contributed by atoms with Crippen molar-refractivity contribution < 1.29 is 18.8 Å². The van der Waals surface area contributed by atoms with Crippen molar-refractivity contribution in [1.29, 1.82) is 0 Å². The smallest absolute Gasteiger partial charge is 0.325 e. The highest BCUT2D eigenvalue weighted by Crippen LogP contribution is 2.34. The van der Waals surface area contributed by atoms with Crippen LogP contribution in [0.25, 0.3) is 0 Å². The van der Waals surface area contributed by atoms with E-state index in [0.717, 1.165) is 11.3 Å². The molecular formula is C18H24FN3O3. The topological polar surface area (TPSA) is 78.5 Å². The predicted octanol–water partition coefficient (Wildman–Crippen LogP) is 2.29. The molecule has 2 rings (SSSR count). The lowest BCUT2D eigenvalue weighted by molar-refractivity contribution is -0.135. The Labute approximate surface area is 146 Å². The third-order valence-corrected chi connectivity index (χ3v) is 4.17. The van der Waals surface area contributed by atoms with Crippen molar-refractivity contribution in [1.82, 2.24) is 15.5 Å². The van der Waals surface area contributed by atoms with Crippen LogP contribution < -0.4 is 10.6 Å². The fourth-order valence-electron chi connectivity index (χ4n) is 2.97. The Morgan fingerprint density at radius 3 is 2.48 bits per heavy atom. The van der Waals surface area contributed by atoms with Crippen LogP contribution in [0.4, 0.5) is 9.18 Å². The van der Waals surface area contributed by atoms with Crippen molar-refractivity contribution in [2.75, 3.05) is 6.54 Å². The van der Waals surface area contributed by atoms with E-state index in [1.807, 2.05) is 6.92 Å². The largest absolute Gasteiger partial charge is 0.352 e. The molecule has 1 aromatic rings. The molecule has 7 heteroatoms. The summed E-state index contributed by atoms with van der Waals surface area (Å²) in [7, 11) is 0. The van der Waals surface area contributed by atoms with Gasteiger partial charge in [-0.1, -0.05) is 31.9 Å². The van der Waals surface area contributed by atoms with Crippen LogP contribution in [0.2, 0.25) is 0 Å². The summed E-state index contributed by atoms with van der Waals surface area (Å²) in [5, 5.41) is 5.40. The molecule has 0 aliphatic carbocycles. The molecule has 0 aromatic heterocycles. The number of benzene rings is 1. The van der Waals surface area contributed by atoms with Gasteiger partial charge in [0.25, 0.3) is 5.91 Å². The molecule has 2 N–H and O–H groups in total. The second-order valence-electron chi connectivity index (χ2n) is 6.56. The molecule has 1 heterocycles. The highest BCUT2D eigenvalue weighted by atomic mass is 19.1. The molecule has 1 saturated heterocycles. The molecule has 0 radical (unpaired) electrons. The maximum Gasteiger partial charge on any atom is 0.325 e. The van der Waals surface area contributed by atoms with Crippen LogP contribution in [0.5, 0.6) is 0 Å². The number of hydrogen-bond donors (Lipinski definition) is 2. The molecule has 6 nitrogen and oxygen atoms in total. The van der Waals surface area contributed by atoms with Gasteiger partial charge < -0.3 is 10.6 Å². The van der Waals surface area contributed by atoms with Crippen LogP contribution in [0.3, 0.4) is 0 Å². The summed E-state index contributed by atoms with van der Waals surface area (Å²) in [5.74, 6) is -1.29. The highest BCUT2D eigenvalue weighted by Gasteiger charge is 2.52. The van der Waals surface area contributed by atoms with Crippen molar-refractivity contribution in [3.63, 3.8) is 0 Å². The summed E-state index contributed by atoms with van der Waals surface area (Å²) in [6.45, 7) is 5.24. The van der Waals surface area contributed by atoms with Crippen molar-refractivity contribution >= 4 is 17.8 Å². The van der Waals surface area contributed by atoms with Gasteiger partial charge in [0.05, 0.1) is 0 Å². The number of amides is 4. The standard InChI is InChI=1S/C18H24FN3O3/c1-4-5-10-18(13-6-8-14(19)9-7-13)16(24)22(17(25)21-18)11-15(23)20-12(2)3/h6-9,12H,4-5,10-11H2,1-3H3,(H,20,23)(H,21,25). The zero-order chi connectivity index (χ0) is 18.6. The lowest BCUT2D eigenvalue weighted by atomic mass is 9.85. The maximum atomic E-state index is 13.3. The number of imide groups is 1. The molecule has 0 spiro atoms. The third kappa shape index (κ3) is 3.97. The minimum atomic E-state index is -1.25. The maximum absolute atomic E-state index is 13.3. The summed E-state index contributed by atoms with van der Waals surface area (Å²) in [5.41, 5.74) is -0.730. The van der Waals surface area contributed by atoms with Gasteiger partial charge in [0, 0.05) is 6.04 Å². The SMILES string of the molecule is CCCCC1(c2ccc(F)cc2)NC(=O)N(CC(=O)NC(C)C)C1=O. The monoisotopic (exact) mass is 349 g/mol. The fraction of sp³-hybridized carbons (Fsp3) is 0.500. The van der Waals surface area contributed by atoms with E-state index in [9.17, 15) is 18.8 Å². The minimum Gasteiger partial charge on any atom is -0.352 e. The van der Waals surface area contributed by atoms with Gasteiger partial charge >= 0.3 is 6.03 Å². The Kier molecular flexibility index (Phi) is 5.77. The summed E-state index contributed by atoms with van der Waals surface area (Å²) in [6, 6.07) is 4.83. The Morgan fingerprint density at radius 2 is 1.92 bits per heavy atom. The average molecular weight is 349 g/mol. The zero-order valence-corrected chi connectivity index (χ0v) is 14.8. The molecule has 25 heavy (non-hydrogen) atoms. The normalized spacial score (nSPS) is 20.1. The third-order valence-electron chi connectivity index (χ3n) is 4.17. The summed E-state index contributed by atoms with van der Waals surface area (Å²) in [4.78, 5) is 38.3. The predicted molar refractivity (Wildman–Crippen MR) is 91.1 cm³/mol. The number of urea groups is 1. The first kappa shape index (κ1) is 18.9. The van der Waals surface area contributed by atoms with Crippen LogP contribution >= 0.6 is 0 Å². The number of carbonyl (C=O) groups excluding carboxylic acids is 3. The van der Waals surface area contributed by atoms with Crippen LogP contribution in [0, 0.1) is 5.82 Å². The van der Waals surface area contributed by atoms with E-state index in [0.29, 0.717) is 18.4 Å². The number of rotatable bonds is 7. The van der Waals surface area contributed by atoms with Gasteiger partial charge in [-0.05, 0) is 38.0 Å². The quantitative estimate of drug-likeness (QED) is 0.742. The first-order valence-electron chi connectivity index (χ1n) is 8.49. The molecule has 1 aliphatic heterocycles. The molecule has 1 unspecified atom stereocenters. The molecule has 0 bridgehead atoms. The van der Waals surface area contributed by atoms with E-state index in [-0.39, 0.29) is 12.6 Å². The van der Waals surface area contributed by atoms with Gasteiger partial charge in [0.15, 0.2) is 0 Å². The van der Waals surface area contributed by atoms with Crippen molar-refractivity contribution in [2.24, 2.45) is 0 Å². The number of hydrogen-bond acceptors (Lipinski definition) is 3. The first-order chi connectivity index (χ1) is 11.8. The van der Waals surface area contributed by atoms with Gasteiger partial charge in [-0.15, -0.1) is 0 Å². The number of unbranched alkanes of at least 4 members (excludes halogenated alkanes) is 1. The van der Waals surface area contributed by atoms with E-state index >= 15 is 0 Å². The van der Waals surface area contributed by atoms with Gasteiger partial charge in [0.2, 0.25) is 5.91 Å². The van der Waals surface area contributed by atoms with E-state index in [1.165, 1.54) is 24.3 Å². The van der Waals surface area contributed by atoms with Crippen molar-refractivity contribution in [2.45, 2.75) is 51.6 Å². The molecule has 0 saturated carbocycles. The number of nitrogens with one attached hydrogen (secondary N) is 2. The Bertz CT molecular complexity index is 660. The molecule has 4 amide bonds. The number of halogens is 1. The van der Waals surface area contributed by atoms with Crippen molar-refractivity contribution in [3.05, 3.63) is 35.6 Å². The Balaban J connectivity index is 2.31. The molecule has 1 aromatic carbocycles. The summed E-state index contributed by atoms with van der Waals surface area (Å²) in [6.07, 6.45) is 1.93. The van der Waals surface area contributed by atoms with Gasteiger partial charge in [0.1, 0.15) is 17.9 Å². The van der Waals surface area contributed by atoms with Crippen molar-refractivity contribution in [3.8, 4) is 0 Å². The van der Waals surface area contributed by atoms with E-state index in [1.54, 1.807) is 13.8 Å². The van der Waals surface area contributed by atoms with Gasteiger partial charge in [-0.2, -0.15) is 0 Å². The second-order valence-corrected chi connectivity index (χ2v) is 6.56.